The van der Waals surface area contributed by atoms with E-state index in [1.165, 1.54) is 6.08 Å². The van der Waals surface area contributed by atoms with E-state index in [0.717, 1.165) is 11.1 Å². The standard InChI is InChI=1S/C18H13NO2/c1-2-14-8-10-17(11-9-14)21-18(20)16(13-19)12-15-6-4-3-5-7-15/h2-12H,1H2/b16-12+. The van der Waals surface area contributed by atoms with Gasteiger partial charge in [-0.3, -0.25) is 0 Å². The molecule has 2 aromatic carbocycles. The number of benzene rings is 2. The molecule has 2 rings (SSSR count). The molecule has 0 aliphatic rings. The number of nitrogens with zero attached hydrogens (tertiary/aromatic N) is 1. The summed E-state index contributed by atoms with van der Waals surface area (Å²) in [4.78, 5) is 12.0. The lowest BCUT2D eigenvalue weighted by molar-refractivity contribution is -0.129. The van der Waals surface area contributed by atoms with Gasteiger partial charge in [0.1, 0.15) is 17.4 Å². The lowest BCUT2D eigenvalue weighted by Crippen LogP contribution is -2.10. The Morgan fingerprint density at radius 3 is 2.29 bits per heavy atom. The van der Waals surface area contributed by atoms with Gasteiger partial charge in [-0.15, -0.1) is 0 Å². The molecule has 0 saturated carbocycles. The minimum atomic E-state index is -0.673. The summed E-state index contributed by atoms with van der Waals surface area (Å²) in [6.07, 6.45) is 3.20. The molecule has 0 bridgehead atoms. The second-order valence-corrected chi connectivity index (χ2v) is 4.24. The van der Waals surface area contributed by atoms with Crippen molar-refractivity contribution in [2.24, 2.45) is 0 Å². The van der Waals surface area contributed by atoms with E-state index in [9.17, 15) is 4.79 Å². The van der Waals surface area contributed by atoms with Crippen LogP contribution in [0.1, 0.15) is 11.1 Å². The Kier molecular flexibility index (Phi) is 4.68. The van der Waals surface area contributed by atoms with Crippen molar-refractivity contribution < 1.29 is 9.53 Å². The number of carbonyl (C=O) groups is 1. The number of nitriles is 1. The summed E-state index contributed by atoms with van der Waals surface area (Å²) >= 11 is 0. The first-order chi connectivity index (χ1) is 10.2. The molecular formula is C18H13NO2. The number of carbonyl (C=O) groups excluding carboxylic acids is 1. The molecule has 21 heavy (non-hydrogen) atoms. The quantitative estimate of drug-likeness (QED) is 0.368. The number of ether oxygens (including phenoxy) is 1. The van der Waals surface area contributed by atoms with Gasteiger partial charge in [-0.05, 0) is 29.3 Å². The fraction of sp³-hybridized carbons (Fsp3) is 0. The van der Waals surface area contributed by atoms with Crippen LogP contribution in [0.3, 0.4) is 0 Å². The molecule has 0 fully saturated rings. The fourth-order valence-electron chi connectivity index (χ4n) is 1.69. The van der Waals surface area contributed by atoms with Crippen molar-refractivity contribution in [3.8, 4) is 11.8 Å². The van der Waals surface area contributed by atoms with Crippen LogP contribution in [0.4, 0.5) is 0 Å². The molecule has 0 saturated heterocycles. The zero-order valence-electron chi connectivity index (χ0n) is 11.3. The highest BCUT2D eigenvalue weighted by Crippen LogP contribution is 2.15. The van der Waals surface area contributed by atoms with Gasteiger partial charge in [0, 0.05) is 0 Å². The van der Waals surface area contributed by atoms with Crippen LogP contribution in [0, 0.1) is 11.3 Å². The van der Waals surface area contributed by atoms with E-state index < -0.39 is 5.97 Å². The predicted molar refractivity (Wildman–Crippen MR) is 82.2 cm³/mol. The van der Waals surface area contributed by atoms with Crippen molar-refractivity contribution in [2.45, 2.75) is 0 Å². The smallest absolute Gasteiger partial charge is 0.354 e. The first kappa shape index (κ1) is 14.3. The van der Waals surface area contributed by atoms with Gasteiger partial charge in [0.15, 0.2) is 0 Å². The Labute approximate surface area is 123 Å². The van der Waals surface area contributed by atoms with Crippen molar-refractivity contribution in [1.29, 1.82) is 5.26 Å². The first-order valence-corrected chi connectivity index (χ1v) is 6.34. The van der Waals surface area contributed by atoms with Crippen molar-refractivity contribution in [1.82, 2.24) is 0 Å². The largest absolute Gasteiger partial charge is 0.422 e. The third kappa shape index (κ3) is 3.92. The predicted octanol–water partition coefficient (Wildman–Crippen LogP) is 3.84. The Morgan fingerprint density at radius 1 is 1.05 bits per heavy atom. The SMILES string of the molecule is C=Cc1ccc(OC(=O)/C(C#N)=C/c2ccccc2)cc1. The average Bonchev–Trinajstić information content (AvgIpc) is 2.54. The van der Waals surface area contributed by atoms with Gasteiger partial charge in [-0.25, -0.2) is 4.79 Å². The minimum absolute atomic E-state index is 0.0472. The van der Waals surface area contributed by atoms with E-state index in [4.69, 9.17) is 10.00 Å². The third-order valence-electron chi connectivity index (χ3n) is 2.78. The average molecular weight is 275 g/mol. The normalized spacial score (nSPS) is 10.5. The van der Waals surface area contributed by atoms with Crippen LogP contribution >= 0.6 is 0 Å². The Balaban J connectivity index is 2.15. The van der Waals surface area contributed by atoms with Crippen LogP contribution in [0.25, 0.3) is 12.2 Å². The van der Waals surface area contributed by atoms with Crippen molar-refractivity contribution in [3.05, 3.63) is 77.9 Å². The molecule has 0 unspecified atom stereocenters. The molecule has 102 valence electrons. The zero-order valence-corrected chi connectivity index (χ0v) is 11.3. The second kappa shape index (κ2) is 6.88. The molecule has 0 N–H and O–H groups in total. The number of hydrogen-bond donors (Lipinski definition) is 0. The Morgan fingerprint density at radius 2 is 1.71 bits per heavy atom. The number of hydrogen-bond acceptors (Lipinski definition) is 3. The van der Waals surface area contributed by atoms with Gasteiger partial charge in [0.05, 0.1) is 0 Å². The maximum atomic E-state index is 12.0. The number of esters is 1. The summed E-state index contributed by atoms with van der Waals surface area (Å²) in [5.74, 6) is -0.285. The maximum Gasteiger partial charge on any atom is 0.354 e. The van der Waals surface area contributed by atoms with Gasteiger partial charge in [0.2, 0.25) is 0 Å². The number of rotatable bonds is 4. The molecule has 0 spiro atoms. The van der Waals surface area contributed by atoms with Gasteiger partial charge >= 0.3 is 5.97 Å². The topological polar surface area (TPSA) is 50.1 Å². The molecule has 0 heterocycles. The van der Waals surface area contributed by atoms with Crippen LogP contribution in [0.2, 0.25) is 0 Å². The third-order valence-corrected chi connectivity index (χ3v) is 2.78. The van der Waals surface area contributed by atoms with Crippen LogP contribution in [0.15, 0.2) is 66.7 Å². The fourth-order valence-corrected chi connectivity index (χ4v) is 1.69. The summed E-state index contributed by atoms with van der Waals surface area (Å²) in [5, 5.41) is 9.09. The molecule has 3 nitrogen and oxygen atoms in total. The summed E-state index contributed by atoms with van der Waals surface area (Å²) in [6.45, 7) is 3.65. The van der Waals surface area contributed by atoms with Crippen LogP contribution in [-0.4, -0.2) is 5.97 Å². The van der Waals surface area contributed by atoms with Crippen LogP contribution < -0.4 is 4.74 Å². The summed E-state index contributed by atoms with van der Waals surface area (Å²) in [5.41, 5.74) is 1.65. The molecular weight excluding hydrogens is 262 g/mol. The highest BCUT2D eigenvalue weighted by molar-refractivity contribution is 5.99. The summed E-state index contributed by atoms with van der Waals surface area (Å²) in [6, 6.07) is 17.9. The minimum Gasteiger partial charge on any atom is -0.422 e. The lowest BCUT2D eigenvalue weighted by atomic mass is 10.1. The second-order valence-electron chi connectivity index (χ2n) is 4.24. The first-order valence-electron chi connectivity index (χ1n) is 6.34. The monoisotopic (exact) mass is 275 g/mol. The van der Waals surface area contributed by atoms with E-state index >= 15 is 0 Å². The molecule has 0 amide bonds. The van der Waals surface area contributed by atoms with Crippen LogP contribution in [0.5, 0.6) is 5.75 Å². The van der Waals surface area contributed by atoms with Gasteiger partial charge in [-0.2, -0.15) is 5.26 Å². The van der Waals surface area contributed by atoms with Gasteiger partial charge in [0.25, 0.3) is 0 Å². The van der Waals surface area contributed by atoms with Crippen molar-refractivity contribution in [2.75, 3.05) is 0 Å². The van der Waals surface area contributed by atoms with E-state index in [1.54, 1.807) is 30.3 Å². The molecule has 0 aliphatic heterocycles. The lowest BCUT2D eigenvalue weighted by Gasteiger charge is -2.03. The van der Waals surface area contributed by atoms with E-state index in [-0.39, 0.29) is 5.57 Å². The van der Waals surface area contributed by atoms with Gasteiger partial charge in [-0.1, -0.05) is 55.1 Å². The molecule has 2 aromatic rings. The Bertz CT molecular complexity index is 707. The highest BCUT2D eigenvalue weighted by Gasteiger charge is 2.11. The van der Waals surface area contributed by atoms with E-state index in [2.05, 4.69) is 6.58 Å². The van der Waals surface area contributed by atoms with E-state index in [0.29, 0.717) is 5.75 Å². The molecule has 0 atom stereocenters. The molecule has 0 aliphatic carbocycles. The Hall–Kier alpha value is -3.12. The van der Waals surface area contributed by atoms with Crippen molar-refractivity contribution in [3.63, 3.8) is 0 Å². The molecule has 3 heteroatoms. The zero-order chi connectivity index (χ0) is 15.1. The van der Waals surface area contributed by atoms with Crippen LogP contribution in [-0.2, 0) is 4.79 Å². The van der Waals surface area contributed by atoms with E-state index in [1.807, 2.05) is 36.4 Å². The summed E-state index contributed by atoms with van der Waals surface area (Å²) in [7, 11) is 0. The highest BCUT2D eigenvalue weighted by atomic mass is 16.5. The maximum absolute atomic E-state index is 12.0. The van der Waals surface area contributed by atoms with Gasteiger partial charge < -0.3 is 4.74 Å². The summed E-state index contributed by atoms with van der Waals surface area (Å²) < 4.78 is 5.18. The molecule has 0 aromatic heterocycles. The van der Waals surface area contributed by atoms with Crippen molar-refractivity contribution >= 4 is 18.1 Å². The molecule has 0 radical (unpaired) electrons.